The standard InChI is InChI=1S/C39H44F3N7O5S/c40-39(41,42)38(52)47-24-30-12-4-10-28(19-30)21-34(36(50)46-23-27-15-17-32(18-16-27)35(44)45)48-37(51)33(14-6-9-26-7-2-1-3-8-26)49-55(53,54)25-31-13-5-11-29(20-31)22-43/h1-5,7-8,10-13,15-20,33-34,49H,6,9,14,21-25,43H2,(H3,44,45)(H,46,50)(H,47,52)(H,48,51)/t33-,34+/m1/s1. The number of rotatable bonds is 19. The number of amides is 3. The summed E-state index contributed by atoms with van der Waals surface area (Å²) in [5, 5.41) is 14.9. The molecule has 0 aliphatic rings. The third-order valence-corrected chi connectivity index (χ3v) is 9.89. The molecule has 0 bridgehead atoms. The molecule has 0 saturated carbocycles. The van der Waals surface area contributed by atoms with Gasteiger partial charge < -0.3 is 27.4 Å². The number of nitrogens with one attached hydrogen (secondary N) is 5. The maximum atomic E-state index is 14.0. The number of sulfonamides is 1. The van der Waals surface area contributed by atoms with E-state index in [1.54, 1.807) is 54.6 Å². The second-order valence-corrected chi connectivity index (χ2v) is 14.7. The molecule has 0 heterocycles. The molecular formula is C39H44F3N7O5S. The molecule has 16 heteroatoms. The average Bonchev–Trinajstić information content (AvgIpc) is 3.15. The van der Waals surface area contributed by atoms with E-state index in [0.29, 0.717) is 40.7 Å². The summed E-state index contributed by atoms with van der Waals surface area (Å²) in [6.45, 7) is -0.197. The number of nitrogen functional groups attached to an aromatic ring is 1. The predicted octanol–water partition coefficient (Wildman–Crippen LogP) is 3.46. The highest BCUT2D eigenvalue weighted by Crippen LogP contribution is 2.16. The van der Waals surface area contributed by atoms with E-state index < -0.39 is 58.3 Å². The van der Waals surface area contributed by atoms with E-state index in [-0.39, 0.29) is 31.8 Å². The molecule has 0 unspecified atom stereocenters. The van der Waals surface area contributed by atoms with Crippen molar-refractivity contribution in [3.63, 3.8) is 0 Å². The molecule has 4 aromatic rings. The Bertz CT molecular complexity index is 2050. The number of halogens is 3. The molecule has 9 N–H and O–H groups in total. The first-order valence-electron chi connectivity index (χ1n) is 17.4. The lowest BCUT2D eigenvalue weighted by molar-refractivity contribution is -0.173. The van der Waals surface area contributed by atoms with Crippen LogP contribution in [-0.4, -0.2) is 50.2 Å². The Morgan fingerprint density at radius 3 is 1.96 bits per heavy atom. The van der Waals surface area contributed by atoms with E-state index in [1.165, 1.54) is 18.2 Å². The van der Waals surface area contributed by atoms with E-state index >= 15 is 0 Å². The first-order valence-corrected chi connectivity index (χ1v) is 19.0. The quantitative estimate of drug-likeness (QED) is 0.0557. The molecule has 0 aliphatic carbocycles. The van der Waals surface area contributed by atoms with Gasteiger partial charge >= 0.3 is 12.1 Å². The second kappa shape index (κ2) is 19.7. The Hall–Kier alpha value is -5.58. The molecule has 55 heavy (non-hydrogen) atoms. The van der Waals surface area contributed by atoms with Gasteiger partial charge in [0, 0.05) is 31.6 Å². The van der Waals surface area contributed by atoms with Gasteiger partial charge in [-0.2, -0.15) is 13.2 Å². The number of carbonyl (C=O) groups excluding carboxylic acids is 3. The van der Waals surface area contributed by atoms with E-state index in [1.807, 2.05) is 35.6 Å². The third-order valence-electron chi connectivity index (χ3n) is 8.53. The fourth-order valence-electron chi connectivity index (χ4n) is 5.70. The summed E-state index contributed by atoms with van der Waals surface area (Å²) in [5.41, 5.74) is 15.4. The van der Waals surface area contributed by atoms with Crippen LogP contribution in [0.4, 0.5) is 13.2 Å². The topological polar surface area (TPSA) is 209 Å². The van der Waals surface area contributed by atoms with Crippen molar-refractivity contribution in [1.29, 1.82) is 5.41 Å². The number of benzene rings is 4. The minimum absolute atomic E-state index is 0.0297. The maximum absolute atomic E-state index is 14.0. The molecule has 2 atom stereocenters. The average molecular weight is 780 g/mol. The van der Waals surface area contributed by atoms with Crippen molar-refractivity contribution in [2.75, 3.05) is 0 Å². The van der Waals surface area contributed by atoms with Gasteiger partial charge in [0.25, 0.3) is 0 Å². The molecule has 4 aromatic carbocycles. The van der Waals surface area contributed by atoms with Crippen LogP contribution in [-0.2, 0) is 62.6 Å². The zero-order valence-electron chi connectivity index (χ0n) is 29.9. The number of aryl methyl sites for hydroxylation is 1. The van der Waals surface area contributed by atoms with Crippen molar-refractivity contribution in [3.05, 3.63) is 142 Å². The summed E-state index contributed by atoms with van der Waals surface area (Å²) in [4.78, 5) is 39.1. The molecular weight excluding hydrogens is 736 g/mol. The van der Waals surface area contributed by atoms with Gasteiger partial charge in [0.1, 0.15) is 17.9 Å². The van der Waals surface area contributed by atoms with Crippen LogP contribution in [0, 0.1) is 5.41 Å². The number of hydrogen-bond acceptors (Lipinski definition) is 7. The fraction of sp³-hybridized carbons (Fsp3) is 0.282. The van der Waals surface area contributed by atoms with Gasteiger partial charge in [-0.15, -0.1) is 0 Å². The number of amidine groups is 1. The van der Waals surface area contributed by atoms with Crippen molar-refractivity contribution in [2.24, 2.45) is 11.5 Å². The smallest absolute Gasteiger partial charge is 0.384 e. The van der Waals surface area contributed by atoms with Gasteiger partial charge in [-0.3, -0.25) is 19.8 Å². The van der Waals surface area contributed by atoms with Gasteiger partial charge in [0.15, 0.2) is 0 Å². The third kappa shape index (κ3) is 14.0. The lowest BCUT2D eigenvalue weighted by atomic mass is 10.0. The van der Waals surface area contributed by atoms with Gasteiger partial charge in [0.2, 0.25) is 21.8 Å². The molecule has 0 fully saturated rings. The predicted molar refractivity (Wildman–Crippen MR) is 203 cm³/mol. The van der Waals surface area contributed by atoms with Gasteiger partial charge in [0.05, 0.1) is 5.75 Å². The molecule has 0 spiro atoms. The number of carbonyl (C=O) groups is 3. The minimum Gasteiger partial charge on any atom is -0.384 e. The van der Waals surface area contributed by atoms with Crippen molar-refractivity contribution < 1.29 is 36.0 Å². The lowest BCUT2D eigenvalue weighted by Gasteiger charge is -2.24. The molecule has 4 rings (SSSR count). The Kier molecular flexibility index (Phi) is 15.1. The van der Waals surface area contributed by atoms with Crippen molar-refractivity contribution in [2.45, 2.75) is 69.3 Å². The van der Waals surface area contributed by atoms with E-state index in [9.17, 15) is 36.0 Å². The van der Waals surface area contributed by atoms with Crippen molar-refractivity contribution >= 4 is 33.6 Å². The van der Waals surface area contributed by atoms with Crippen LogP contribution >= 0.6 is 0 Å². The Balaban J connectivity index is 1.57. The molecule has 292 valence electrons. The zero-order valence-corrected chi connectivity index (χ0v) is 30.7. The van der Waals surface area contributed by atoms with E-state index in [2.05, 4.69) is 15.4 Å². The Morgan fingerprint density at radius 1 is 0.709 bits per heavy atom. The normalized spacial score (nSPS) is 12.7. The summed E-state index contributed by atoms with van der Waals surface area (Å²) in [5.74, 6) is -4.04. The molecule has 0 saturated heterocycles. The van der Waals surface area contributed by atoms with Crippen LogP contribution in [0.5, 0.6) is 0 Å². The van der Waals surface area contributed by atoms with Crippen LogP contribution in [0.1, 0.15) is 51.8 Å². The number of alkyl halides is 3. The molecule has 12 nitrogen and oxygen atoms in total. The van der Waals surface area contributed by atoms with Crippen molar-refractivity contribution in [1.82, 2.24) is 20.7 Å². The van der Waals surface area contributed by atoms with E-state index in [0.717, 1.165) is 11.1 Å². The second-order valence-electron chi connectivity index (χ2n) is 12.9. The summed E-state index contributed by atoms with van der Waals surface area (Å²) < 4.78 is 67.8. The van der Waals surface area contributed by atoms with Gasteiger partial charge in [-0.1, -0.05) is 103 Å². The maximum Gasteiger partial charge on any atom is 0.471 e. The highest BCUT2D eigenvalue weighted by atomic mass is 32.2. The van der Waals surface area contributed by atoms with Crippen LogP contribution in [0.3, 0.4) is 0 Å². The van der Waals surface area contributed by atoms with Crippen LogP contribution in [0.15, 0.2) is 103 Å². The highest BCUT2D eigenvalue weighted by molar-refractivity contribution is 7.88. The molecule has 0 radical (unpaired) electrons. The first-order chi connectivity index (χ1) is 26.1. The SMILES string of the molecule is N=C(N)c1ccc(CNC(=O)[C@H](Cc2cccc(CNC(=O)C(F)(F)F)c2)NC(=O)[C@@H](CCCc2ccccc2)NS(=O)(=O)Cc2cccc(CN)c2)cc1. The minimum atomic E-state index is -5.06. The summed E-state index contributed by atoms with van der Waals surface area (Å²) in [7, 11) is -4.09. The zero-order chi connectivity index (χ0) is 40.0. The van der Waals surface area contributed by atoms with Crippen molar-refractivity contribution in [3.8, 4) is 0 Å². The number of hydrogen-bond donors (Lipinski definition) is 7. The lowest BCUT2D eigenvalue weighted by Crippen LogP contribution is -2.54. The monoisotopic (exact) mass is 779 g/mol. The summed E-state index contributed by atoms with van der Waals surface area (Å²) in [6, 6.07) is 26.4. The van der Waals surface area contributed by atoms with Crippen LogP contribution in [0.25, 0.3) is 0 Å². The molecule has 0 aromatic heterocycles. The number of nitrogens with two attached hydrogens (primary N) is 2. The first kappa shape index (κ1) is 42.2. The van der Waals surface area contributed by atoms with Crippen LogP contribution in [0.2, 0.25) is 0 Å². The largest absolute Gasteiger partial charge is 0.471 e. The van der Waals surface area contributed by atoms with E-state index in [4.69, 9.17) is 16.9 Å². The van der Waals surface area contributed by atoms with Crippen LogP contribution < -0.4 is 32.1 Å². The summed E-state index contributed by atoms with van der Waals surface area (Å²) >= 11 is 0. The fourth-order valence-corrected chi connectivity index (χ4v) is 7.06. The van der Waals surface area contributed by atoms with Gasteiger partial charge in [-0.25, -0.2) is 13.1 Å². The Labute approximate surface area is 317 Å². The summed E-state index contributed by atoms with van der Waals surface area (Å²) in [6.07, 6.45) is -4.13. The molecule has 0 aliphatic heterocycles. The highest BCUT2D eigenvalue weighted by Gasteiger charge is 2.38. The molecule has 3 amide bonds. The van der Waals surface area contributed by atoms with Gasteiger partial charge in [-0.05, 0) is 52.6 Å². The Morgan fingerprint density at radius 2 is 1.31 bits per heavy atom.